The molecule has 136 valence electrons. The number of benzene rings is 2. The molecule has 2 aromatic carbocycles. The molecule has 0 saturated carbocycles. The molecule has 0 amide bonds. The molecular formula is C19H15ClN4O3. The quantitative estimate of drug-likeness (QED) is 0.427. The van der Waals surface area contributed by atoms with Crippen LogP contribution in [0, 0.1) is 0 Å². The molecule has 7 nitrogen and oxygen atoms in total. The van der Waals surface area contributed by atoms with Crippen molar-refractivity contribution in [2.75, 3.05) is 6.61 Å². The highest BCUT2D eigenvalue weighted by Crippen LogP contribution is 2.30. The molecule has 0 unspecified atom stereocenters. The highest BCUT2D eigenvalue weighted by molar-refractivity contribution is 6.35. The van der Waals surface area contributed by atoms with E-state index in [9.17, 15) is 4.79 Å². The van der Waals surface area contributed by atoms with Gasteiger partial charge in [-0.05, 0) is 37.3 Å². The van der Waals surface area contributed by atoms with Crippen LogP contribution < -0.4 is 5.73 Å². The third-order valence-electron chi connectivity index (χ3n) is 4.10. The predicted octanol–water partition coefficient (Wildman–Crippen LogP) is 3.68. The van der Waals surface area contributed by atoms with Crippen LogP contribution in [0.25, 0.3) is 33.4 Å². The number of furan rings is 1. The maximum atomic E-state index is 12.7. The van der Waals surface area contributed by atoms with E-state index in [1.807, 2.05) is 12.1 Å². The number of hydrogen-bond donors (Lipinski definition) is 1. The van der Waals surface area contributed by atoms with E-state index in [0.717, 1.165) is 5.39 Å². The molecule has 4 aromatic rings. The van der Waals surface area contributed by atoms with Gasteiger partial charge in [-0.25, -0.2) is 9.48 Å². The molecule has 0 spiro atoms. The molecule has 8 heteroatoms. The summed E-state index contributed by atoms with van der Waals surface area (Å²) in [7, 11) is 0. The molecule has 0 aliphatic rings. The van der Waals surface area contributed by atoms with Crippen molar-refractivity contribution < 1.29 is 13.9 Å². The molecule has 0 bridgehead atoms. The van der Waals surface area contributed by atoms with E-state index in [4.69, 9.17) is 26.5 Å². The van der Waals surface area contributed by atoms with Gasteiger partial charge in [0.25, 0.3) is 0 Å². The zero-order chi connectivity index (χ0) is 19.0. The summed E-state index contributed by atoms with van der Waals surface area (Å²) in [5.74, 6) is -0.603. The minimum atomic E-state index is -0.603. The molecule has 0 aliphatic heterocycles. The Kier molecular flexibility index (Phi) is 4.29. The summed E-state index contributed by atoms with van der Waals surface area (Å²) in [5.41, 5.74) is 9.01. The van der Waals surface area contributed by atoms with Crippen molar-refractivity contribution >= 4 is 51.0 Å². The van der Waals surface area contributed by atoms with Gasteiger partial charge in [-0.1, -0.05) is 28.9 Å². The number of carbonyl (C=O) groups is 1. The number of halogens is 1. The van der Waals surface area contributed by atoms with Gasteiger partial charge in [0.2, 0.25) is 0 Å². The van der Waals surface area contributed by atoms with E-state index in [0.29, 0.717) is 27.2 Å². The summed E-state index contributed by atoms with van der Waals surface area (Å²) < 4.78 is 11.9. The molecule has 4 rings (SSSR count). The van der Waals surface area contributed by atoms with Crippen molar-refractivity contribution in [2.45, 2.75) is 6.92 Å². The number of para-hydroxylation sites is 1. The molecule has 2 N–H and O–H groups in total. The van der Waals surface area contributed by atoms with Crippen LogP contribution in [0.5, 0.6) is 0 Å². The van der Waals surface area contributed by atoms with Gasteiger partial charge in [0, 0.05) is 10.9 Å². The number of fused-ring (bicyclic) bond motifs is 2. The van der Waals surface area contributed by atoms with Crippen molar-refractivity contribution in [1.82, 2.24) is 15.0 Å². The van der Waals surface area contributed by atoms with Crippen LogP contribution in [0.1, 0.15) is 12.5 Å². The summed E-state index contributed by atoms with van der Waals surface area (Å²) in [4.78, 5) is 12.7. The lowest BCUT2D eigenvalue weighted by Crippen LogP contribution is -2.18. The minimum absolute atomic E-state index is 0.0736. The standard InChI is InChI=1S/C19H15ClN4O3/c1-2-26-19(25)17(24-15-6-4-3-5-14(15)22-23-24)16(21)12-9-11-7-8-27-18(11)13(20)10-12/h3-10H,2,21H2,1H3/b17-16+. The first-order valence-corrected chi connectivity index (χ1v) is 8.62. The molecule has 0 fully saturated rings. The smallest absolute Gasteiger partial charge is 0.359 e. The Morgan fingerprint density at radius 1 is 1.30 bits per heavy atom. The monoisotopic (exact) mass is 382 g/mol. The van der Waals surface area contributed by atoms with Crippen molar-refractivity contribution in [2.24, 2.45) is 5.73 Å². The average molecular weight is 383 g/mol. The average Bonchev–Trinajstić information content (AvgIpc) is 3.30. The van der Waals surface area contributed by atoms with Crippen LogP contribution in [0.2, 0.25) is 5.02 Å². The molecular weight excluding hydrogens is 368 g/mol. The Morgan fingerprint density at radius 2 is 2.11 bits per heavy atom. The second-order valence-corrected chi connectivity index (χ2v) is 6.18. The number of nitrogens with two attached hydrogens (primary N) is 1. The SMILES string of the molecule is CCOC(=O)/C(=C(\N)c1cc(Cl)c2occc2c1)n1nnc2ccccc21. The molecule has 2 heterocycles. The fourth-order valence-electron chi connectivity index (χ4n) is 2.87. The van der Waals surface area contributed by atoms with E-state index < -0.39 is 5.97 Å². The van der Waals surface area contributed by atoms with Crippen molar-refractivity contribution in [1.29, 1.82) is 0 Å². The summed E-state index contributed by atoms with van der Waals surface area (Å²) in [5, 5.41) is 9.35. The van der Waals surface area contributed by atoms with Gasteiger partial charge in [0.05, 0.1) is 29.1 Å². The normalized spacial score (nSPS) is 12.4. The Balaban J connectivity index is 1.97. The van der Waals surface area contributed by atoms with Crippen LogP contribution in [0.15, 0.2) is 53.1 Å². The highest BCUT2D eigenvalue weighted by atomic mass is 35.5. The van der Waals surface area contributed by atoms with E-state index in [-0.39, 0.29) is 18.0 Å². The molecule has 0 aliphatic carbocycles. The lowest BCUT2D eigenvalue weighted by Gasteiger charge is -2.12. The molecule has 0 radical (unpaired) electrons. The van der Waals surface area contributed by atoms with Crippen molar-refractivity contribution in [3.05, 3.63) is 59.3 Å². The van der Waals surface area contributed by atoms with Gasteiger partial charge < -0.3 is 14.9 Å². The molecule has 0 saturated heterocycles. The van der Waals surface area contributed by atoms with Crippen LogP contribution in [0.4, 0.5) is 0 Å². The fourth-order valence-corrected chi connectivity index (χ4v) is 3.15. The van der Waals surface area contributed by atoms with Gasteiger partial charge in [0.15, 0.2) is 11.3 Å². The number of hydrogen-bond acceptors (Lipinski definition) is 6. The first-order valence-electron chi connectivity index (χ1n) is 8.25. The first-order chi connectivity index (χ1) is 13.1. The van der Waals surface area contributed by atoms with Crippen molar-refractivity contribution in [3.8, 4) is 0 Å². The molecule has 2 aromatic heterocycles. The van der Waals surface area contributed by atoms with Crippen LogP contribution in [-0.2, 0) is 9.53 Å². The number of rotatable bonds is 4. The van der Waals surface area contributed by atoms with Crippen molar-refractivity contribution in [3.63, 3.8) is 0 Å². The second kappa shape index (κ2) is 6.77. The number of aromatic nitrogens is 3. The Bertz CT molecular complexity index is 1190. The Hall–Kier alpha value is -3.32. The third-order valence-corrected chi connectivity index (χ3v) is 4.39. The van der Waals surface area contributed by atoms with Gasteiger partial charge in [-0.15, -0.1) is 5.10 Å². The van der Waals surface area contributed by atoms with E-state index in [1.54, 1.807) is 37.3 Å². The summed E-state index contributed by atoms with van der Waals surface area (Å²) in [6.45, 7) is 1.92. The summed E-state index contributed by atoms with van der Waals surface area (Å²) in [6.07, 6.45) is 1.54. The number of esters is 1. The number of ether oxygens (including phenoxy) is 1. The Labute approximate surface area is 158 Å². The van der Waals surface area contributed by atoms with Crippen LogP contribution in [0.3, 0.4) is 0 Å². The second-order valence-electron chi connectivity index (χ2n) is 5.77. The Morgan fingerprint density at radius 3 is 2.93 bits per heavy atom. The van der Waals surface area contributed by atoms with E-state index in [2.05, 4.69) is 10.3 Å². The fraction of sp³-hybridized carbons (Fsp3) is 0.105. The van der Waals surface area contributed by atoms with E-state index >= 15 is 0 Å². The number of carbonyl (C=O) groups excluding carboxylic acids is 1. The topological polar surface area (TPSA) is 96.2 Å². The van der Waals surface area contributed by atoms with Gasteiger partial charge >= 0.3 is 5.97 Å². The lowest BCUT2D eigenvalue weighted by atomic mass is 10.1. The third kappa shape index (κ3) is 2.92. The largest absolute Gasteiger partial charge is 0.463 e. The molecule has 0 atom stereocenters. The maximum Gasteiger partial charge on any atom is 0.359 e. The molecule has 27 heavy (non-hydrogen) atoms. The van der Waals surface area contributed by atoms with Crippen LogP contribution in [-0.4, -0.2) is 27.6 Å². The summed E-state index contributed by atoms with van der Waals surface area (Å²) in [6, 6.07) is 12.5. The minimum Gasteiger partial charge on any atom is -0.463 e. The van der Waals surface area contributed by atoms with Gasteiger partial charge in [-0.2, -0.15) is 0 Å². The van der Waals surface area contributed by atoms with Gasteiger partial charge in [-0.3, -0.25) is 0 Å². The zero-order valence-corrected chi connectivity index (χ0v) is 15.1. The lowest BCUT2D eigenvalue weighted by molar-refractivity contribution is -0.136. The van der Waals surface area contributed by atoms with Crippen LogP contribution >= 0.6 is 11.6 Å². The maximum absolute atomic E-state index is 12.7. The van der Waals surface area contributed by atoms with Gasteiger partial charge in [0.1, 0.15) is 5.52 Å². The number of nitrogens with zero attached hydrogens (tertiary/aromatic N) is 3. The zero-order valence-electron chi connectivity index (χ0n) is 14.3. The first kappa shape index (κ1) is 17.1. The highest BCUT2D eigenvalue weighted by Gasteiger charge is 2.23. The summed E-state index contributed by atoms with van der Waals surface area (Å²) >= 11 is 6.29. The van der Waals surface area contributed by atoms with E-state index in [1.165, 1.54) is 10.9 Å². The predicted molar refractivity (Wildman–Crippen MR) is 103 cm³/mol.